The highest BCUT2D eigenvalue weighted by Gasteiger charge is 2.29. The van der Waals surface area contributed by atoms with Crippen molar-refractivity contribution in [1.82, 2.24) is 4.72 Å². The van der Waals surface area contributed by atoms with Crippen LogP contribution in [0.15, 0.2) is 52.4 Å². The summed E-state index contributed by atoms with van der Waals surface area (Å²) in [6.07, 6.45) is 2.47. The number of benzene rings is 2. The van der Waals surface area contributed by atoms with Gasteiger partial charge in [0.05, 0.1) is 9.92 Å². The average Bonchev–Trinajstić information content (AvgIpc) is 2.99. The van der Waals surface area contributed by atoms with Crippen molar-refractivity contribution in [1.29, 1.82) is 0 Å². The van der Waals surface area contributed by atoms with Crippen molar-refractivity contribution in [2.24, 2.45) is 4.99 Å². The Morgan fingerprint density at radius 1 is 1.03 bits per heavy atom. The Morgan fingerprint density at radius 3 is 2.65 bits per heavy atom. The molecule has 0 aliphatic carbocycles. The zero-order valence-electron chi connectivity index (χ0n) is 16.6. The number of carbonyl (C=O) groups excluding carboxylic acids is 1. The number of unbranched alkanes of at least 4 members (excludes halogenated alkanes) is 2. The lowest BCUT2D eigenvalue weighted by Crippen LogP contribution is -2.22. The third-order valence-corrected chi connectivity index (χ3v) is 6.40. The van der Waals surface area contributed by atoms with Crippen LogP contribution >= 0.6 is 23.2 Å². The summed E-state index contributed by atoms with van der Waals surface area (Å²) in [7, 11) is -3.51. The van der Waals surface area contributed by atoms with Gasteiger partial charge in [-0.25, -0.2) is 8.42 Å². The Bertz CT molecular complexity index is 1070. The number of halogens is 2. The van der Waals surface area contributed by atoms with Gasteiger partial charge in [-0.15, -0.1) is 0 Å². The molecule has 0 saturated heterocycles. The second-order valence-corrected chi connectivity index (χ2v) is 9.28. The van der Waals surface area contributed by atoms with E-state index < -0.39 is 10.0 Å². The number of esters is 1. The van der Waals surface area contributed by atoms with E-state index in [-0.39, 0.29) is 24.1 Å². The van der Waals surface area contributed by atoms with Crippen LogP contribution in [0.1, 0.15) is 31.2 Å². The first-order valence-electron chi connectivity index (χ1n) is 9.77. The monoisotopic (exact) mass is 484 g/mol. The lowest BCUT2D eigenvalue weighted by molar-refractivity contribution is -0.144. The molecule has 0 fully saturated rings. The van der Waals surface area contributed by atoms with E-state index in [1.165, 1.54) is 0 Å². The molecule has 0 bridgehead atoms. The van der Waals surface area contributed by atoms with E-state index in [0.29, 0.717) is 46.6 Å². The molecular formula is C21H22Cl2N2O5S. The summed E-state index contributed by atoms with van der Waals surface area (Å²) in [5.74, 6) is 0.557. The third kappa shape index (κ3) is 6.59. The normalized spacial score (nSPS) is 15.4. The predicted molar refractivity (Wildman–Crippen MR) is 120 cm³/mol. The highest BCUT2D eigenvalue weighted by molar-refractivity contribution is 7.90. The molecule has 0 saturated carbocycles. The van der Waals surface area contributed by atoms with E-state index in [2.05, 4.69) is 9.71 Å². The number of fused-ring (bicyclic) bond motifs is 1. The summed E-state index contributed by atoms with van der Waals surface area (Å²) < 4.78 is 37.1. The number of ether oxygens (including phenoxy) is 2. The summed E-state index contributed by atoms with van der Waals surface area (Å²) in [4.78, 5) is 16.4. The van der Waals surface area contributed by atoms with Crippen molar-refractivity contribution in [3.63, 3.8) is 0 Å². The molecule has 1 heterocycles. The Hall–Kier alpha value is -2.29. The molecule has 2 aromatic rings. The molecule has 31 heavy (non-hydrogen) atoms. The van der Waals surface area contributed by atoms with Gasteiger partial charge in [0.25, 0.3) is 10.0 Å². The maximum Gasteiger partial charge on any atom is 0.305 e. The lowest BCUT2D eigenvalue weighted by atomic mass is 10.2. The summed E-state index contributed by atoms with van der Waals surface area (Å²) in [5.41, 5.74) is 0.591. The van der Waals surface area contributed by atoms with Crippen molar-refractivity contribution in [2.45, 2.75) is 30.6 Å². The molecule has 0 amide bonds. The van der Waals surface area contributed by atoms with Gasteiger partial charge in [0.15, 0.2) is 0 Å². The van der Waals surface area contributed by atoms with E-state index in [1.807, 2.05) is 0 Å². The van der Waals surface area contributed by atoms with Gasteiger partial charge in [0, 0.05) is 23.6 Å². The largest absolute Gasteiger partial charge is 0.488 e. The second-order valence-electron chi connectivity index (χ2n) is 6.79. The molecule has 10 heteroatoms. The topological polar surface area (TPSA) is 94.1 Å². The number of carbonyl (C=O) groups is 1. The summed E-state index contributed by atoms with van der Waals surface area (Å²) in [6, 6.07) is 11.6. The quantitative estimate of drug-likeness (QED) is 0.402. The number of sulfonamides is 1. The molecule has 7 nitrogen and oxygen atoms in total. The fraction of sp³-hybridized carbons (Fsp3) is 0.333. The molecule has 3 rings (SSSR count). The maximum atomic E-state index is 12.0. The number of hydrogen-bond donors (Lipinski definition) is 1. The summed E-state index contributed by atoms with van der Waals surface area (Å²) >= 11 is 11.8. The first-order chi connectivity index (χ1) is 14.9. The summed E-state index contributed by atoms with van der Waals surface area (Å²) in [6.45, 7) is 0.796. The summed E-state index contributed by atoms with van der Waals surface area (Å²) in [5, 5.41) is 0.917. The average molecular weight is 485 g/mol. The van der Waals surface area contributed by atoms with Crippen LogP contribution < -0.4 is 9.46 Å². The van der Waals surface area contributed by atoms with Crippen LogP contribution in [-0.2, 0) is 19.6 Å². The van der Waals surface area contributed by atoms with Crippen LogP contribution in [0.25, 0.3) is 0 Å². The van der Waals surface area contributed by atoms with Crippen molar-refractivity contribution in [3.8, 4) is 5.75 Å². The molecule has 0 atom stereocenters. The van der Waals surface area contributed by atoms with Gasteiger partial charge in [-0.05, 0) is 43.2 Å². The maximum absolute atomic E-state index is 12.0. The minimum Gasteiger partial charge on any atom is -0.488 e. The highest BCUT2D eigenvalue weighted by atomic mass is 35.5. The molecule has 0 radical (unpaired) electrons. The molecule has 0 spiro atoms. The standard InChI is InChI=1S/C21H22Cl2N2O5S/c22-15-9-10-18(17(23)14-15)29-12-13-30-20(26)8-2-1-5-11-24-21-16-6-3-4-7-19(16)31(27,28)25-21/h3-4,6-7,9-10,14H,1-2,5,8,11-13H2,(H,24,25). The van der Waals surface area contributed by atoms with Crippen LogP contribution in [-0.4, -0.2) is 40.0 Å². The molecule has 1 aliphatic rings. The van der Waals surface area contributed by atoms with Crippen LogP contribution in [0.2, 0.25) is 10.0 Å². The van der Waals surface area contributed by atoms with E-state index in [0.717, 1.165) is 12.8 Å². The second kappa shape index (κ2) is 10.8. The minimum atomic E-state index is -3.51. The smallest absolute Gasteiger partial charge is 0.305 e. The molecular weight excluding hydrogens is 463 g/mol. The Balaban J connectivity index is 1.29. The van der Waals surface area contributed by atoms with Crippen molar-refractivity contribution >= 4 is 45.0 Å². The zero-order valence-corrected chi connectivity index (χ0v) is 19.0. The molecule has 166 valence electrons. The van der Waals surface area contributed by atoms with Crippen LogP contribution in [0.4, 0.5) is 0 Å². The highest BCUT2D eigenvalue weighted by Crippen LogP contribution is 2.27. The SMILES string of the molecule is O=C(CCCCCN=C1NS(=O)(=O)c2ccccc21)OCCOc1ccc(Cl)cc1Cl. The van der Waals surface area contributed by atoms with Gasteiger partial charge in [0.2, 0.25) is 0 Å². The van der Waals surface area contributed by atoms with E-state index in [1.54, 1.807) is 42.5 Å². The number of nitrogens with one attached hydrogen (secondary N) is 1. The Morgan fingerprint density at radius 2 is 1.84 bits per heavy atom. The van der Waals surface area contributed by atoms with Crippen LogP contribution in [0, 0.1) is 0 Å². The van der Waals surface area contributed by atoms with Crippen LogP contribution in [0.3, 0.4) is 0 Å². The Labute approximate surface area is 191 Å². The van der Waals surface area contributed by atoms with Gasteiger partial charge < -0.3 is 9.47 Å². The van der Waals surface area contributed by atoms with Gasteiger partial charge in [-0.1, -0.05) is 41.8 Å². The number of hydrogen-bond acceptors (Lipinski definition) is 6. The third-order valence-electron chi connectivity index (χ3n) is 4.47. The predicted octanol–water partition coefficient (Wildman–Crippen LogP) is 4.21. The fourth-order valence-electron chi connectivity index (χ4n) is 2.97. The van der Waals surface area contributed by atoms with E-state index in [9.17, 15) is 13.2 Å². The van der Waals surface area contributed by atoms with E-state index >= 15 is 0 Å². The minimum absolute atomic E-state index is 0.130. The fourth-order valence-corrected chi connectivity index (χ4v) is 4.69. The zero-order chi connectivity index (χ0) is 22.3. The Kier molecular flexibility index (Phi) is 8.17. The van der Waals surface area contributed by atoms with Crippen molar-refractivity contribution in [2.75, 3.05) is 19.8 Å². The molecule has 2 aromatic carbocycles. The number of aliphatic imine (C=N–C) groups is 1. The first kappa shape index (κ1) is 23.4. The number of nitrogens with zero attached hydrogens (tertiary/aromatic N) is 1. The lowest BCUT2D eigenvalue weighted by Gasteiger charge is -2.09. The molecule has 1 N–H and O–H groups in total. The van der Waals surface area contributed by atoms with Crippen LogP contribution in [0.5, 0.6) is 5.75 Å². The number of amidine groups is 1. The molecule has 0 aromatic heterocycles. The van der Waals surface area contributed by atoms with Crippen molar-refractivity contribution < 1.29 is 22.7 Å². The first-order valence-corrected chi connectivity index (χ1v) is 12.0. The van der Waals surface area contributed by atoms with E-state index in [4.69, 9.17) is 32.7 Å². The van der Waals surface area contributed by atoms with Gasteiger partial charge >= 0.3 is 5.97 Å². The molecule has 0 unspecified atom stereocenters. The van der Waals surface area contributed by atoms with Gasteiger partial charge in [-0.2, -0.15) is 0 Å². The van der Waals surface area contributed by atoms with Gasteiger partial charge in [0.1, 0.15) is 24.8 Å². The number of rotatable bonds is 10. The molecule has 1 aliphatic heterocycles. The van der Waals surface area contributed by atoms with Crippen molar-refractivity contribution in [3.05, 3.63) is 58.1 Å². The van der Waals surface area contributed by atoms with Gasteiger partial charge in [-0.3, -0.25) is 14.5 Å².